The Bertz CT molecular complexity index is 1740. The van der Waals surface area contributed by atoms with Crippen LogP contribution in [0.15, 0.2) is 102 Å². The predicted octanol–water partition coefficient (Wildman–Crippen LogP) is 6.80. The Morgan fingerprint density at radius 1 is 0.867 bits per heavy atom. The molecular formula is C34H34Cl2FN3O4S. The van der Waals surface area contributed by atoms with E-state index in [4.69, 9.17) is 23.2 Å². The first-order chi connectivity index (χ1) is 21.3. The fraction of sp³-hybridized carbons (Fsp3) is 0.235. The highest BCUT2D eigenvalue weighted by Crippen LogP contribution is 2.33. The lowest BCUT2D eigenvalue weighted by atomic mass is 10.0. The highest BCUT2D eigenvalue weighted by Gasteiger charge is 2.35. The number of benzene rings is 4. The highest BCUT2D eigenvalue weighted by atomic mass is 35.5. The normalized spacial score (nSPS) is 12.1. The number of nitrogens with zero attached hydrogens (tertiary/aromatic N) is 2. The van der Waals surface area contributed by atoms with Crippen LogP contribution in [-0.2, 0) is 32.6 Å². The van der Waals surface area contributed by atoms with Crippen molar-refractivity contribution in [2.45, 2.75) is 50.7 Å². The first-order valence-electron chi connectivity index (χ1n) is 14.3. The molecule has 1 N–H and O–H groups in total. The molecule has 4 rings (SSSR count). The number of aryl methyl sites for hydroxylation is 1. The maximum absolute atomic E-state index is 14.4. The number of rotatable bonds is 12. The molecule has 0 heterocycles. The van der Waals surface area contributed by atoms with E-state index >= 15 is 0 Å². The molecule has 0 radical (unpaired) electrons. The van der Waals surface area contributed by atoms with Crippen molar-refractivity contribution in [3.63, 3.8) is 0 Å². The molecule has 0 spiro atoms. The summed E-state index contributed by atoms with van der Waals surface area (Å²) in [7, 11) is -4.35. The molecule has 0 fully saturated rings. The van der Waals surface area contributed by atoms with Gasteiger partial charge in [0.15, 0.2) is 0 Å². The molecule has 0 aliphatic carbocycles. The third-order valence-corrected chi connectivity index (χ3v) is 9.36. The molecule has 0 bridgehead atoms. The number of halogens is 3. The van der Waals surface area contributed by atoms with Gasteiger partial charge in [-0.15, -0.1) is 0 Å². The molecule has 4 aromatic carbocycles. The summed E-state index contributed by atoms with van der Waals surface area (Å²) in [6.45, 7) is 4.65. The van der Waals surface area contributed by atoms with E-state index in [-0.39, 0.29) is 39.6 Å². The number of sulfonamides is 1. The summed E-state index contributed by atoms with van der Waals surface area (Å²) in [6, 6.07) is 24.0. The van der Waals surface area contributed by atoms with Crippen molar-refractivity contribution in [1.29, 1.82) is 0 Å². The molecule has 1 atom stereocenters. The van der Waals surface area contributed by atoms with Gasteiger partial charge in [0.25, 0.3) is 10.0 Å². The summed E-state index contributed by atoms with van der Waals surface area (Å²) in [4.78, 5) is 29.4. The molecule has 11 heteroatoms. The van der Waals surface area contributed by atoms with Gasteiger partial charge >= 0.3 is 0 Å². The molecule has 0 aliphatic heterocycles. The minimum atomic E-state index is -4.35. The zero-order valence-electron chi connectivity index (χ0n) is 25.1. The van der Waals surface area contributed by atoms with E-state index in [1.807, 2.05) is 37.3 Å². The zero-order valence-corrected chi connectivity index (χ0v) is 27.4. The second-order valence-corrected chi connectivity index (χ2v) is 13.6. The van der Waals surface area contributed by atoms with Gasteiger partial charge in [0.2, 0.25) is 11.8 Å². The maximum atomic E-state index is 14.4. The third kappa shape index (κ3) is 8.84. The largest absolute Gasteiger partial charge is 0.352 e. The van der Waals surface area contributed by atoms with Gasteiger partial charge in [-0.1, -0.05) is 83.4 Å². The van der Waals surface area contributed by atoms with Gasteiger partial charge in [-0.2, -0.15) is 0 Å². The van der Waals surface area contributed by atoms with Crippen molar-refractivity contribution in [2.75, 3.05) is 10.8 Å². The van der Waals surface area contributed by atoms with Crippen LogP contribution in [0.4, 0.5) is 10.1 Å². The quantitative estimate of drug-likeness (QED) is 0.180. The predicted molar refractivity (Wildman–Crippen MR) is 176 cm³/mol. The van der Waals surface area contributed by atoms with Crippen LogP contribution in [0.5, 0.6) is 0 Å². The molecule has 2 amide bonds. The Hall–Kier alpha value is -3.92. The molecule has 0 aliphatic rings. The van der Waals surface area contributed by atoms with Crippen LogP contribution in [0.25, 0.3) is 0 Å². The first kappa shape index (κ1) is 34.0. The van der Waals surface area contributed by atoms with Crippen molar-refractivity contribution in [3.05, 3.63) is 130 Å². The zero-order chi connectivity index (χ0) is 32.7. The van der Waals surface area contributed by atoms with E-state index in [9.17, 15) is 22.4 Å². The molecular weight excluding hydrogens is 636 g/mol. The maximum Gasteiger partial charge on any atom is 0.264 e. The fourth-order valence-corrected chi connectivity index (χ4v) is 6.61. The van der Waals surface area contributed by atoms with Crippen molar-refractivity contribution in [1.82, 2.24) is 10.2 Å². The SMILES string of the molecule is Cc1ccc(S(=O)(=O)N(CC(=O)N(Cc2ccc(F)cc2)[C@@H](Cc2ccccc2)C(=O)NC(C)C)c2cc(Cl)ccc2Cl)cc1. The third-order valence-electron chi connectivity index (χ3n) is 7.03. The Morgan fingerprint density at radius 2 is 1.51 bits per heavy atom. The molecule has 45 heavy (non-hydrogen) atoms. The Balaban J connectivity index is 1.83. The monoisotopic (exact) mass is 669 g/mol. The van der Waals surface area contributed by atoms with Crippen molar-refractivity contribution in [3.8, 4) is 0 Å². The second kappa shape index (κ2) is 14.9. The van der Waals surface area contributed by atoms with Crippen LogP contribution in [-0.4, -0.2) is 43.8 Å². The lowest BCUT2D eigenvalue weighted by Crippen LogP contribution is -2.54. The number of nitrogens with one attached hydrogen (secondary N) is 1. The Kier molecular flexibility index (Phi) is 11.3. The number of carbonyl (C=O) groups excluding carboxylic acids is 2. The summed E-state index contributed by atoms with van der Waals surface area (Å²) in [5.41, 5.74) is 2.20. The van der Waals surface area contributed by atoms with Crippen molar-refractivity contribution in [2.24, 2.45) is 0 Å². The molecule has 0 aromatic heterocycles. The van der Waals surface area contributed by atoms with E-state index in [2.05, 4.69) is 5.32 Å². The van der Waals surface area contributed by atoms with Crippen LogP contribution in [0.1, 0.15) is 30.5 Å². The molecule has 7 nitrogen and oxygen atoms in total. The van der Waals surface area contributed by atoms with E-state index < -0.39 is 40.2 Å². The summed E-state index contributed by atoms with van der Waals surface area (Å²) in [5.74, 6) is -1.55. The van der Waals surface area contributed by atoms with E-state index in [0.717, 1.165) is 15.4 Å². The van der Waals surface area contributed by atoms with Crippen molar-refractivity contribution < 1.29 is 22.4 Å². The van der Waals surface area contributed by atoms with Crippen LogP contribution in [0.2, 0.25) is 10.0 Å². The average Bonchev–Trinajstić information content (AvgIpc) is 3.00. The Labute approximate surface area is 273 Å². The molecule has 0 saturated heterocycles. The van der Waals surface area contributed by atoms with Crippen molar-refractivity contribution >= 4 is 50.7 Å². The van der Waals surface area contributed by atoms with E-state index in [0.29, 0.717) is 5.56 Å². The molecule has 0 unspecified atom stereocenters. The molecule has 236 valence electrons. The lowest BCUT2D eigenvalue weighted by molar-refractivity contribution is -0.140. The minimum Gasteiger partial charge on any atom is -0.352 e. The average molecular weight is 671 g/mol. The van der Waals surface area contributed by atoms with Gasteiger partial charge in [0.05, 0.1) is 15.6 Å². The van der Waals surface area contributed by atoms with E-state index in [1.54, 1.807) is 26.0 Å². The van der Waals surface area contributed by atoms with Gasteiger partial charge in [-0.25, -0.2) is 12.8 Å². The Morgan fingerprint density at radius 3 is 2.13 bits per heavy atom. The van der Waals surface area contributed by atoms with E-state index in [1.165, 1.54) is 59.5 Å². The van der Waals surface area contributed by atoms with Gasteiger partial charge < -0.3 is 10.2 Å². The summed E-state index contributed by atoms with van der Waals surface area (Å²) in [5, 5.41) is 3.17. The number of carbonyl (C=O) groups is 2. The second-order valence-electron chi connectivity index (χ2n) is 10.9. The van der Waals surface area contributed by atoms with Gasteiger partial charge in [-0.3, -0.25) is 13.9 Å². The number of hydrogen-bond acceptors (Lipinski definition) is 4. The topological polar surface area (TPSA) is 86.8 Å². The number of hydrogen-bond donors (Lipinski definition) is 1. The summed E-state index contributed by atoms with van der Waals surface area (Å²) in [6.07, 6.45) is 0.148. The first-order valence-corrected chi connectivity index (χ1v) is 16.5. The fourth-order valence-electron chi connectivity index (χ4n) is 4.75. The lowest BCUT2D eigenvalue weighted by Gasteiger charge is -2.34. The minimum absolute atomic E-state index is 0.00562. The number of anilines is 1. The molecule has 0 saturated carbocycles. The van der Waals surface area contributed by atoms with Gasteiger partial charge in [0.1, 0.15) is 18.4 Å². The van der Waals surface area contributed by atoms with Crippen LogP contribution in [0.3, 0.4) is 0 Å². The van der Waals surface area contributed by atoms with Gasteiger partial charge in [0, 0.05) is 24.0 Å². The standard InChI is InChI=1S/C34H34Cl2FN3O4S/c1-23(2)38-34(42)32(19-25-7-5-4-6-8-25)39(21-26-11-14-28(37)15-12-26)33(41)22-40(31-20-27(35)13-18-30(31)36)45(43,44)29-16-9-24(3)10-17-29/h4-18,20,23,32H,19,21-22H2,1-3H3,(H,38,42)/t32-/m0/s1. The van der Waals surface area contributed by atoms with Crippen LogP contribution < -0.4 is 9.62 Å². The highest BCUT2D eigenvalue weighted by molar-refractivity contribution is 7.92. The van der Waals surface area contributed by atoms with Gasteiger partial charge in [-0.05, 0) is 74.4 Å². The number of amides is 2. The molecule has 4 aromatic rings. The van der Waals surface area contributed by atoms with Crippen LogP contribution in [0, 0.1) is 12.7 Å². The van der Waals surface area contributed by atoms with Crippen LogP contribution >= 0.6 is 23.2 Å². The summed E-state index contributed by atoms with van der Waals surface area (Å²) < 4.78 is 43.0. The smallest absolute Gasteiger partial charge is 0.264 e. The summed E-state index contributed by atoms with van der Waals surface area (Å²) >= 11 is 12.8.